The van der Waals surface area contributed by atoms with Crippen molar-refractivity contribution < 1.29 is 9.21 Å². The van der Waals surface area contributed by atoms with Crippen molar-refractivity contribution in [2.75, 3.05) is 5.32 Å². The standard InChI is InChI=1S/C11H11N3O2/c1-7(15)14-11-5-9(3-4-12-11)10-6-13-8(2)16-10/h3-6H,1-2H3,(H,12,14,15). The second kappa shape index (κ2) is 4.14. The first-order chi connectivity index (χ1) is 7.65. The van der Waals surface area contributed by atoms with Crippen LogP contribution >= 0.6 is 0 Å². The van der Waals surface area contributed by atoms with Gasteiger partial charge in [-0.15, -0.1) is 0 Å². The number of hydrogen-bond donors (Lipinski definition) is 1. The molecule has 5 nitrogen and oxygen atoms in total. The molecule has 0 bridgehead atoms. The zero-order valence-electron chi connectivity index (χ0n) is 9.02. The molecule has 1 N–H and O–H groups in total. The van der Waals surface area contributed by atoms with E-state index >= 15 is 0 Å². The maximum absolute atomic E-state index is 10.9. The van der Waals surface area contributed by atoms with Crippen LogP contribution in [0, 0.1) is 6.92 Å². The average molecular weight is 217 g/mol. The van der Waals surface area contributed by atoms with Crippen LogP contribution in [0.1, 0.15) is 12.8 Å². The Balaban J connectivity index is 2.32. The van der Waals surface area contributed by atoms with E-state index in [1.165, 1.54) is 6.92 Å². The fourth-order valence-electron chi connectivity index (χ4n) is 1.33. The van der Waals surface area contributed by atoms with E-state index < -0.39 is 0 Å². The Morgan fingerprint density at radius 1 is 1.44 bits per heavy atom. The van der Waals surface area contributed by atoms with Gasteiger partial charge in [0.1, 0.15) is 5.82 Å². The lowest BCUT2D eigenvalue weighted by Gasteiger charge is -2.01. The molecule has 0 atom stereocenters. The van der Waals surface area contributed by atoms with Crippen molar-refractivity contribution in [1.29, 1.82) is 0 Å². The summed E-state index contributed by atoms with van der Waals surface area (Å²) in [6.07, 6.45) is 3.25. The Kier molecular flexibility index (Phi) is 2.68. The highest BCUT2D eigenvalue weighted by atomic mass is 16.4. The maximum Gasteiger partial charge on any atom is 0.222 e. The van der Waals surface area contributed by atoms with Gasteiger partial charge in [-0.25, -0.2) is 9.97 Å². The molecule has 0 radical (unpaired) electrons. The Morgan fingerprint density at radius 3 is 2.88 bits per heavy atom. The van der Waals surface area contributed by atoms with E-state index in [4.69, 9.17) is 4.42 Å². The number of carbonyl (C=O) groups is 1. The summed E-state index contributed by atoms with van der Waals surface area (Å²) >= 11 is 0. The van der Waals surface area contributed by atoms with Crippen LogP contribution in [0.3, 0.4) is 0 Å². The van der Waals surface area contributed by atoms with Gasteiger partial charge in [0.25, 0.3) is 0 Å². The van der Waals surface area contributed by atoms with E-state index in [9.17, 15) is 4.79 Å². The fraction of sp³-hybridized carbons (Fsp3) is 0.182. The molecule has 2 rings (SSSR count). The van der Waals surface area contributed by atoms with Crippen molar-refractivity contribution in [2.24, 2.45) is 0 Å². The molecule has 0 aliphatic carbocycles. The minimum absolute atomic E-state index is 0.154. The predicted octanol–water partition coefficient (Wildman–Crippen LogP) is 2.00. The van der Waals surface area contributed by atoms with E-state index in [-0.39, 0.29) is 5.91 Å². The van der Waals surface area contributed by atoms with Gasteiger partial charge in [0.2, 0.25) is 5.91 Å². The lowest BCUT2D eigenvalue weighted by Crippen LogP contribution is -2.07. The number of carbonyl (C=O) groups excluding carboxylic acids is 1. The topological polar surface area (TPSA) is 68.0 Å². The van der Waals surface area contributed by atoms with Gasteiger partial charge in [-0.05, 0) is 12.1 Å². The highest BCUT2D eigenvalue weighted by molar-refractivity contribution is 5.88. The molecule has 0 aromatic carbocycles. The van der Waals surface area contributed by atoms with Gasteiger partial charge < -0.3 is 9.73 Å². The average Bonchev–Trinajstić information content (AvgIpc) is 2.64. The molecule has 2 heterocycles. The number of oxazole rings is 1. The first kappa shape index (κ1) is 10.4. The number of pyridine rings is 1. The van der Waals surface area contributed by atoms with Crippen molar-refractivity contribution in [3.63, 3.8) is 0 Å². The maximum atomic E-state index is 10.9. The molecule has 82 valence electrons. The van der Waals surface area contributed by atoms with Crippen LogP contribution in [-0.4, -0.2) is 15.9 Å². The number of hydrogen-bond acceptors (Lipinski definition) is 4. The van der Waals surface area contributed by atoms with Crippen LogP contribution in [0.25, 0.3) is 11.3 Å². The van der Waals surface area contributed by atoms with E-state index in [1.54, 1.807) is 31.5 Å². The van der Waals surface area contributed by atoms with Crippen LogP contribution in [0.15, 0.2) is 28.9 Å². The molecular weight excluding hydrogens is 206 g/mol. The highest BCUT2D eigenvalue weighted by Crippen LogP contribution is 2.21. The first-order valence-electron chi connectivity index (χ1n) is 4.81. The second-order valence-electron chi connectivity index (χ2n) is 3.35. The van der Waals surface area contributed by atoms with Crippen LogP contribution in [-0.2, 0) is 4.79 Å². The van der Waals surface area contributed by atoms with Crippen molar-refractivity contribution in [3.05, 3.63) is 30.4 Å². The van der Waals surface area contributed by atoms with Crippen LogP contribution in [0.4, 0.5) is 5.82 Å². The molecule has 0 saturated heterocycles. The van der Waals surface area contributed by atoms with Crippen molar-refractivity contribution in [1.82, 2.24) is 9.97 Å². The summed E-state index contributed by atoms with van der Waals surface area (Å²) in [5.41, 5.74) is 0.833. The summed E-state index contributed by atoms with van der Waals surface area (Å²) in [7, 11) is 0. The van der Waals surface area contributed by atoms with Crippen molar-refractivity contribution >= 4 is 11.7 Å². The Bertz CT molecular complexity index is 519. The van der Waals surface area contributed by atoms with Gasteiger partial charge in [0.05, 0.1) is 6.20 Å². The molecule has 5 heteroatoms. The van der Waals surface area contributed by atoms with Crippen LogP contribution in [0.5, 0.6) is 0 Å². The third-order valence-corrected chi connectivity index (χ3v) is 1.97. The Labute approximate surface area is 92.5 Å². The zero-order valence-corrected chi connectivity index (χ0v) is 9.02. The SMILES string of the molecule is CC(=O)Nc1cc(-c2cnc(C)o2)ccn1. The molecule has 0 fully saturated rings. The number of amides is 1. The summed E-state index contributed by atoms with van der Waals surface area (Å²) in [4.78, 5) is 18.9. The third kappa shape index (κ3) is 2.25. The van der Waals surface area contributed by atoms with Gasteiger partial charge >= 0.3 is 0 Å². The van der Waals surface area contributed by atoms with E-state index in [0.29, 0.717) is 17.5 Å². The molecular formula is C11H11N3O2. The summed E-state index contributed by atoms with van der Waals surface area (Å²) in [6, 6.07) is 3.53. The van der Waals surface area contributed by atoms with Crippen molar-refractivity contribution in [2.45, 2.75) is 13.8 Å². The fourth-order valence-corrected chi connectivity index (χ4v) is 1.33. The lowest BCUT2D eigenvalue weighted by molar-refractivity contribution is -0.114. The van der Waals surface area contributed by atoms with Gasteiger partial charge in [-0.3, -0.25) is 4.79 Å². The normalized spacial score (nSPS) is 10.1. The number of nitrogens with zero attached hydrogens (tertiary/aromatic N) is 2. The Hall–Kier alpha value is -2.17. The number of nitrogens with one attached hydrogen (secondary N) is 1. The molecule has 2 aromatic rings. The third-order valence-electron chi connectivity index (χ3n) is 1.97. The summed E-state index contributed by atoms with van der Waals surface area (Å²) in [6.45, 7) is 3.21. The number of rotatable bonds is 2. The monoisotopic (exact) mass is 217 g/mol. The van der Waals surface area contributed by atoms with Crippen LogP contribution in [0.2, 0.25) is 0 Å². The van der Waals surface area contributed by atoms with Gasteiger partial charge in [0.15, 0.2) is 11.7 Å². The second-order valence-corrected chi connectivity index (χ2v) is 3.35. The smallest absolute Gasteiger partial charge is 0.222 e. The van der Waals surface area contributed by atoms with Gasteiger partial charge in [-0.2, -0.15) is 0 Å². The first-order valence-corrected chi connectivity index (χ1v) is 4.81. The number of aromatic nitrogens is 2. The minimum atomic E-state index is -0.154. The van der Waals surface area contributed by atoms with Gasteiger partial charge in [0, 0.05) is 25.6 Å². The molecule has 0 aliphatic heterocycles. The summed E-state index contributed by atoms with van der Waals surface area (Å²) in [5, 5.41) is 2.61. The zero-order chi connectivity index (χ0) is 11.5. The lowest BCUT2D eigenvalue weighted by atomic mass is 10.2. The number of aryl methyl sites for hydroxylation is 1. The van der Waals surface area contributed by atoms with Gasteiger partial charge in [-0.1, -0.05) is 0 Å². The van der Waals surface area contributed by atoms with E-state index in [1.807, 2.05) is 0 Å². The minimum Gasteiger partial charge on any atom is -0.441 e. The molecule has 0 saturated carbocycles. The molecule has 0 unspecified atom stereocenters. The van der Waals surface area contributed by atoms with Crippen LogP contribution < -0.4 is 5.32 Å². The Morgan fingerprint density at radius 2 is 2.25 bits per heavy atom. The quantitative estimate of drug-likeness (QED) is 0.835. The molecule has 1 amide bonds. The highest BCUT2D eigenvalue weighted by Gasteiger charge is 2.05. The summed E-state index contributed by atoms with van der Waals surface area (Å²) in [5.74, 6) is 1.61. The number of anilines is 1. The van der Waals surface area contributed by atoms with E-state index in [2.05, 4.69) is 15.3 Å². The molecule has 0 aliphatic rings. The van der Waals surface area contributed by atoms with E-state index in [0.717, 1.165) is 5.56 Å². The predicted molar refractivity (Wildman–Crippen MR) is 58.8 cm³/mol. The largest absolute Gasteiger partial charge is 0.441 e. The van der Waals surface area contributed by atoms with Crippen molar-refractivity contribution in [3.8, 4) is 11.3 Å². The molecule has 16 heavy (non-hydrogen) atoms. The molecule has 0 spiro atoms. The summed E-state index contributed by atoms with van der Waals surface area (Å²) < 4.78 is 5.38. The molecule has 2 aromatic heterocycles.